The smallest absolute Gasteiger partial charge is 0.162 e. The lowest BCUT2D eigenvalue weighted by Gasteiger charge is -2.10. The molecule has 0 radical (unpaired) electrons. The molecule has 0 spiro atoms. The Balaban J connectivity index is 2.54. The van der Waals surface area contributed by atoms with Gasteiger partial charge in [0.15, 0.2) is 11.5 Å². The van der Waals surface area contributed by atoms with E-state index in [9.17, 15) is 0 Å². The van der Waals surface area contributed by atoms with Crippen LogP contribution in [-0.4, -0.2) is 13.7 Å². The predicted molar refractivity (Wildman–Crippen MR) is 70.7 cm³/mol. The largest absolute Gasteiger partial charge is 0.493 e. The van der Waals surface area contributed by atoms with Crippen LogP contribution in [0.1, 0.15) is 26.2 Å². The van der Waals surface area contributed by atoms with Gasteiger partial charge in [0.25, 0.3) is 0 Å². The molecule has 3 heteroatoms. The zero-order chi connectivity index (χ0) is 11.1. The highest BCUT2D eigenvalue weighted by atomic mass is 127. The Morgan fingerprint density at radius 3 is 2.67 bits per heavy atom. The van der Waals surface area contributed by atoms with Gasteiger partial charge in [-0.3, -0.25) is 0 Å². The monoisotopic (exact) mass is 320 g/mol. The van der Waals surface area contributed by atoms with Crippen LogP contribution in [0.5, 0.6) is 11.5 Å². The summed E-state index contributed by atoms with van der Waals surface area (Å²) in [5.41, 5.74) is 0. The summed E-state index contributed by atoms with van der Waals surface area (Å²) >= 11 is 2.27. The second-order valence-electron chi connectivity index (χ2n) is 3.35. The van der Waals surface area contributed by atoms with E-state index in [2.05, 4.69) is 29.5 Å². The summed E-state index contributed by atoms with van der Waals surface area (Å²) in [6, 6.07) is 5.96. The van der Waals surface area contributed by atoms with Crippen molar-refractivity contribution >= 4 is 22.6 Å². The van der Waals surface area contributed by atoms with Crippen molar-refractivity contribution in [2.75, 3.05) is 13.7 Å². The summed E-state index contributed by atoms with van der Waals surface area (Å²) < 4.78 is 12.1. The van der Waals surface area contributed by atoms with Gasteiger partial charge in [-0.15, -0.1) is 0 Å². The van der Waals surface area contributed by atoms with Crippen LogP contribution in [0.25, 0.3) is 0 Å². The van der Waals surface area contributed by atoms with Crippen LogP contribution in [0.4, 0.5) is 0 Å². The topological polar surface area (TPSA) is 18.5 Å². The van der Waals surface area contributed by atoms with Crippen molar-refractivity contribution in [2.24, 2.45) is 0 Å². The average molecular weight is 320 g/mol. The second-order valence-corrected chi connectivity index (χ2v) is 4.60. The summed E-state index contributed by atoms with van der Waals surface area (Å²) in [6.45, 7) is 2.95. The van der Waals surface area contributed by atoms with E-state index in [4.69, 9.17) is 9.47 Å². The first-order chi connectivity index (χ1) is 7.27. The lowest BCUT2D eigenvalue weighted by atomic mass is 10.2. The normalized spacial score (nSPS) is 10.1. The Labute approximate surface area is 105 Å². The predicted octanol–water partition coefficient (Wildman–Crippen LogP) is 3.87. The van der Waals surface area contributed by atoms with Gasteiger partial charge in [0.2, 0.25) is 0 Å². The molecular weight excluding hydrogens is 303 g/mol. The molecule has 0 N–H and O–H groups in total. The molecule has 0 atom stereocenters. The number of unbranched alkanes of at least 4 members (excludes halogenated alkanes) is 2. The first-order valence-corrected chi connectivity index (χ1v) is 6.32. The van der Waals surface area contributed by atoms with Gasteiger partial charge in [0.1, 0.15) is 0 Å². The third-order valence-corrected chi connectivity index (χ3v) is 2.80. The minimum Gasteiger partial charge on any atom is -0.493 e. The van der Waals surface area contributed by atoms with Crippen molar-refractivity contribution in [2.45, 2.75) is 26.2 Å². The molecule has 0 fully saturated rings. The number of benzene rings is 1. The molecule has 0 heterocycles. The maximum absolute atomic E-state index is 5.68. The van der Waals surface area contributed by atoms with Crippen LogP contribution in [-0.2, 0) is 0 Å². The molecule has 0 saturated carbocycles. The average Bonchev–Trinajstić information content (AvgIpc) is 2.25. The van der Waals surface area contributed by atoms with Gasteiger partial charge in [0.05, 0.1) is 13.7 Å². The highest BCUT2D eigenvalue weighted by Gasteiger charge is 2.03. The molecule has 0 aromatic heterocycles. The highest BCUT2D eigenvalue weighted by Crippen LogP contribution is 2.28. The number of ether oxygens (including phenoxy) is 2. The third-order valence-electron chi connectivity index (χ3n) is 2.13. The molecular formula is C12H17IO2. The Hall–Kier alpha value is -0.450. The van der Waals surface area contributed by atoms with Gasteiger partial charge >= 0.3 is 0 Å². The molecule has 0 amide bonds. The Bertz CT molecular complexity index is 300. The second kappa shape index (κ2) is 6.93. The first-order valence-electron chi connectivity index (χ1n) is 5.24. The Morgan fingerprint density at radius 2 is 2.00 bits per heavy atom. The van der Waals surface area contributed by atoms with E-state index in [1.807, 2.05) is 18.2 Å². The summed E-state index contributed by atoms with van der Waals surface area (Å²) in [7, 11) is 1.67. The number of methoxy groups -OCH3 is 1. The van der Waals surface area contributed by atoms with Crippen LogP contribution < -0.4 is 9.47 Å². The summed E-state index contributed by atoms with van der Waals surface area (Å²) in [6.07, 6.45) is 3.53. The van der Waals surface area contributed by atoms with Gasteiger partial charge in [-0.2, -0.15) is 0 Å². The fraction of sp³-hybridized carbons (Fsp3) is 0.500. The maximum atomic E-state index is 5.68. The molecule has 0 unspecified atom stereocenters. The Kier molecular flexibility index (Phi) is 5.83. The molecule has 2 nitrogen and oxygen atoms in total. The van der Waals surface area contributed by atoms with E-state index in [1.165, 1.54) is 16.4 Å². The minimum absolute atomic E-state index is 0.768. The van der Waals surface area contributed by atoms with E-state index in [-0.39, 0.29) is 0 Å². The van der Waals surface area contributed by atoms with Crippen molar-refractivity contribution in [3.05, 3.63) is 21.8 Å². The maximum Gasteiger partial charge on any atom is 0.162 e. The fourth-order valence-electron chi connectivity index (χ4n) is 1.30. The number of halogens is 1. The van der Waals surface area contributed by atoms with Gasteiger partial charge in [-0.25, -0.2) is 0 Å². The highest BCUT2D eigenvalue weighted by molar-refractivity contribution is 14.1. The minimum atomic E-state index is 0.768. The van der Waals surface area contributed by atoms with E-state index in [0.29, 0.717) is 0 Å². The van der Waals surface area contributed by atoms with Crippen LogP contribution in [0, 0.1) is 3.57 Å². The summed E-state index contributed by atoms with van der Waals surface area (Å²) in [5.74, 6) is 1.66. The van der Waals surface area contributed by atoms with Gasteiger partial charge < -0.3 is 9.47 Å². The summed E-state index contributed by atoms with van der Waals surface area (Å²) in [5, 5.41) is 0. The van der Waals surface area contributed by atoms with Crippen LogP contribution in [0.2, 0.25) is 0 Å². The Morgan fingerprint density at radius 1 is 1.20 bits per heavy atom. The first kappa shape index (κ1) is 12.6. The van der Waals surface area contributed by atoms with Gasteiger partial charge in [-0.1, -0.05) is 19.8 Å². The lowest BCUT2D eigenvalue weighted by molar-refractivity contribution is 0.286. The molecule has 0 aliphatic heterocycles. The zero-order valence-corrected chi connectivity index (χ0v) is 11.4. The van der Waals surface area contributed by atoms with Crippen LogP contribution in [0.15, 0.2) is 18.2 Å². The molecule has 15 heavy (non-hydrogen) atoms. The molecule has 0 aliphatic rings. The van der Waals surface area contributed by atoms with Crippen LogP contribution in [0.3, 0.4) is 0 Å². The molecule has 0 saturated heterocycles. The van der Waals surface area contributed by atoms with Crippen molar-refractivity contribution < 1.29 is 9.47 Å². The number of rotatable bonds is 6. The number of hydrogen-bond donors (Lipinski definition) is 0. The standard InChI is InChI=1S/C12H17IO2/c1-3-4-5-8-15-12-9-10(13)6-7-11(12)14-2/h6-7,9H,3-5,8H2,1-2H3. The quantitative estimate of drug-likeness (QED) is 0.585. The van der Waals surface area contributed by atoms with E-state index in [1.54, 1.807) is 7.11 Å². The molecule has 1 aromatic carbocycles. The third kappa shape index (κ3) is 4.28. The van der Waals surface area contributed by atoms with E-state index < -0.39 is 0 Å². The van der Waals surface area contributed by atoms with Crippen molar-refractivity contribution in [1.82, 2.24) is 0 Å². The molecule has 0 bridgehead atoms. The lowest BCUT2D eigenvalue weighted by Crippen LogP contribution is -1.99. The fourth-order valence-corrected chi connectivity index (χ4v) is 1.76. The zero-order valence-electron chi connectivity index (χ0n) is 9.25. The van der Waals surface area contributed by atoms with Crippen molar-refractivity contribution in [1.29, 1.82) is 0 Å². The van der Waals surface area contributed by atoms with Crippen molar-refractivity contribution in [3.63, 3.8) is 0 Å². The van der Waals surface area contributed by atoms with Crippen LogP contribution >= 0.6 is 22.6 Å². The van der Waals surface area contributed by atoms with E-state index >= 15 is 0 Å². The van der Waals surface area contributed by atoms with Crippen molar-refractivity contribution in [3.8, 4) is 11.5 Å². The SMILES string of the molecule is CCCCCOc1cc(I)ccc1OC. The molecule has 84 valence electrons. The number of hydrogen-bond acceptors (Lipinski definition) is 2. The van der Waals surface area contributed by atoms with Gasteiger partial charge in [-0.05, 0) is 47.2 Å². The molecule has 0 aliphatic carbocycles. The van der Waals surface area contributed by atoms with E-state index in [0.717, 1.165) is 24.5 Å². The van der Waals surface area contributed by atoms with Gasteiger partial charge in [0, 0.05) is 3.57 Å². The molecule has 1 aromatic rings. The summed E-state index contributed by atoms with van der Waals surface area (Å²) in [4.78, 5) is 0. The molecule has 1 rings (SSSR count).